The van der Waals surface area contributed by atoms with Crippen LogP contribution in [0.4, 0.5) is 0 Å². The fraction of sp³-hybridized carbons (Fsp3) is 0.417. The van der Waals surface area contributed by atoms with Crippen molar-refractivity contribution in [3.05, 3.63) is 35.9 Å². The zero-order valence-corrected chi connectivity index (χ0v) is 8.20. The van der Waals surface area contributed by atoms with Gasteiger partial charge in [0.05, 0.1) is 0 Å². The second-order valence-corrected chi connectivity index (χ2v) is 3.80. The number of carbonyl (C=O) groups is 1. The van der Waals surface area contributed by atoms with Crippen LogP contribution >= 0.6 is 0 Å². The van der Waals surface area contributed by atoms with Gasteiger partial charge < -0.3 is 5.32 Å². The molecule has 1 aliphatic rings. The average molecular weight is 189 g/mol. The zero-order valence-electron chi connectivity index (χ0n) is 8.20. The van der Waals surface area contributed by atoms with Crippen LogP contribution in [0.5, 0.6) is 0 Å². The summed E-state index contributed by atoms with van der Waals surface area (Å²) in [5.74, 6) is 0.483. The van der Waals surface area contributed by atoms with Gasteiger partial charge >= 0.3 is 0 Å². The third kappa shape index (κ3) is 2.13. The largest absolute Gasteiger partial charge is 0.356 e. The predicted octanol–water partition coefficient (Wildman–Crippen LogP) is 1.76. The molecule has 0 aliphatic carbocycles. The highest BCUT2D eigenvalue weighted by atomic mass is 16.2. The van der Waals surface area contributed by atoms with Gasteiger partial charge in [0.15, 0.2) is 0 Å². The first kappa shape index (κ1) is 9.25. The maximum atomic E-state index is 11.3. The van der Waals surface area contributed by atoms with Crippen LogP contribution in [0.2, 0.25) is 0 Å². The van der Waals surface area contributed by atoms with Crippen molar-refractivity contribution in [2.75, 3.05) is 6.54 Å². The fourth-order valence-corrected chi connectivity index (χ4v) is 1.91. The van der Waals surface area contributed by atoms with Crippen LogP contribution in [0, 0.1) is 5.92 Å². The van der Waals surface area contributed by atoms with Crippen LogP contribution in [0.3, 0.4) is 0 Å². The minimum atomic E-state index is 0.237. The van der Waals surface area contributed by atoms with E-state index in [9.17, 15) is 4.79 Å². The number of rotatable bonds is 3. The third-order valence-corrected chi connectivity index (χ3v) is 2.79. The minimum absolute atomic E-state index is 0.237. The van der Waals surface area contributed by atoms with E-state index < -0.39 is 0 Å². The van der Waals surface area contributed by atoms with E-state index >= 15 is 0 Å². The topological polar surface area (TPSA) is 29.1 Å². The molecule has 1 aromatic rings. The zero-order chi connectivity index (χ0) is 9.80. The summed E-state index contributed by atoms with van der Waals surface area (Å²) in [6.07, 6.45) is 3.00. The predicted molar refractivity (Wildman–Crippen MR) is 55.9 cm³/mol. The molecule has 0 radical (unpaired) electrons. The highest BCUT2D eigenvalue weighted by Crippen LogP contribution is 2.16. The molecule has 74 valence electrons. The number of hydrogen-bond acceptors (Lipinski definition) is 1. The van der Waals surface area contributed by atoms with E-state index in [2.05, 4.69) is 17.4 Å². The van der Waals surface area contributed by atoms with Crippen LogP contribution in [0.25, 0.3) is 0 Å². The average Bonchev–Trinajstić information content (AvgIpc) is 2.63. The maximum Gasteiger partial charge on any atom is 0.223 e. The maximum absolute atomic E-state index is 11.3. The van der Waals surface area contributed by atoms with Gasteiger partial charge in [0.2, 0.25) is 5.91 Å². The van der Waals surface area contributed by atoms with Gasteiger partial charge in [0.25, 0.3) is 0 Å². The SMILES string of the molecule is O=C1NCC[C@H]1CCc1ccccc1. The molecule has 0 spiro atoms. The standard InChI is InChI=1S/C12H15NO/c14-12-11(8-9-13-12)7-6-10-4-2-1-3-5-10/h1-5,11H,6-9H2,(H,13,14)/t11-/m1/s1. The lowest BCUT2D eigenvalue weighted by atomic mass is 9.98. The molecule has 1 aromatic carbocycles. The Morgan fingerprint density at radius 1 is 1.29 bits per heavy atom. The first-order valence-corrected chi connectivity index (χ1v) is 5.18. The summed E-state index contributed by atoms with van der Waals surface area (Å²) in [5, 5.41) is 2.87. The quantitative estimate of drug-likeness (QED) is 0.771. The van der Waals surface area contributed by atoms with Crippen LogP contribution in [0.1, 0.15) is 18.4 Å². The van der Waals surface area contributed by atoms with E-state index in [0.29, 0.717) is 0 Å². The Hall–Kier alpha value is -1.31. The van der Waals surface area contributed by atoms with Crippen LogP contribution in [-0.4, -0.2) is 12.5 Å². The molecule has 0 saturated carbocycles. The van der Waals surface area contributed by atoms with Crippen molar-refractivity contribution in [2.24, 2.45) is 5.92 Å². The number of benzene rings is 1. The molecule has 14 heavy (non-hydrogen) atoms. The molecule has 2 heteroatoms. The van der Waals surface area contributed by atoms with Gasteiger partial charge in [-0.15, -0.1) is 0 Å². The van der Waals surface area contributed by atoms with Crippen LogP contribution in [-0.2, 0) is 11.2 Å². The molecular weight excluding hydrogens is 174 g/mol. The molecule has 1 fully saturated rings. The lowest BCUT2D eigenvalue weighted by Crippen LogP contribution is -2.19. The highest BCUT2D eigenvalue weighted by molar-refractivity contribution is 5.80. The van der Waals surface area contributed by atoms with Crippen molar-refractivity contribution in [2.45, 2.75) is 19.3 Å². The van der Waals surface area contributed by atoms with Crippen molar-refractivity contribution in [3.8, 4) is 0 Å². The van der Waals surface area contributed by atoms with E-state index in [-0.39, 0.29) is 11.8 Å². The van der Waals surface area contributed by atoms with E-state index in [1.807, 2.05) is 18.2 Å². The normalized spacial score (nSPS) is 20.9. The Morgan fingerprint density at radius 3 is 2.71 bits per heavy atom. The number of nitrogens with one attached hydrogen (secondary N) is 1. The smallest absolute Gasteiger partial charge is 0.223 e. The van der Waals surface area contributed by atoms with E-state index in [1.54, 1.807) is 0 Å². The molecule has 2 rings (SSSR count). The molecule has 0 aromatic heterocycles. The second kappa shape index (κ2) is 4.27. The van der Waals surface area contributed by atoms with E-state index in [1.165, 1.54) is 5.56 Å². The lowest BCUT2D eigenvalue weighted by molar-refractivity contribution is -0.122. The van der Waals surface area contributed by atoms with Crippen molar-refractivity contribution >= 4 is 5.91 Å². The first-order valence-electron chi connectivity index (χ1n) is 5.18. The summed E-state index contributed by atoms with van der Waals surface area (Å²) < 4.78 is 0. The molecule has 2 nitrogen and oxygen atoms in total. The Bertz CT molecular complexity index is 307. The Kier molecular flexibility index (Phi) is 2.82. The second-order valence-electron chi connectivity index (χ2n) is 3.80. The molecule has 0 bridgehead atoms. The first-order chi connectivity index (χ1) is 6.86. The third-order valence-electron chi connectivity index (χ3n) is 2.79. The number of hydrogen-bond donors (Lipinski definition) is 1. The van der Waals surface area contributed by atoms with Crippen molar-refractivity contribution < 1.29 is 4.79 Å². The number of carbonyl (C=O) groups excluding carboxylic acids is 1. The summed E-state index contributed by atoms with van der Waals surface area (Å²) in [6, 6.07) is 10.3. The molecule has 1 saturated heterocycles. The summed E-state index contributed by atoms with van der Waals surface area (Å²) in [4.78, 5) is 11.3. The van der Waals surface area contributed by atoms with Crippen molar-refractivity contribution in [1.29, 1.82) is 0 Å². The van der Waals surface area contributed by atoms with Gasteiger partial charge in [-0.3, -0.25) is 4.79 Å². The molecule has 1 N–H and O–H groups in total. The van der Waals surface area contributed by atoms with E-state index in [4.69, 9.17) is 0 Å². The van der Waals surface area contributed by atoms with Crippen molar-refractivity contribution in [3.63, 3.8) is 0 Å². The van der Waals surface area contributed by atoms with Gasteiger partial charge in [0.1, 0.15) is 0 Å². The van der Waals surface area contributed by atoms with Gasteiger partial charge in [0, 0.05) is 12.5 Å². The molecule has 0 unspecified atom stereocenters. The monoisotopic (exact) mass is 189 g/mol. The van der Waals surface area contributed by atoms with Gasteiger partial charge in [-0.25, -0.2) is 0 Å². The lowest BCUT2D eigenvalue weighted by Gasteiger charge is -2.05. The molecule has 1 aliphatic heterocycles. The number of amides is 1. The minimum Gasteiger partial charge on any atom is -0.356 e. The molecule has 1 heterocycles. The Labute approximate surface area is 84.3 Å². The summed E-state index contributed by atoms with van der Waals surface area (Å²) in [7, 11) is 0. The van der Waals surface area contributed by atoms with E-state index in [0.717, 1.165) is 25.8 Å². The summed E-state index contributed by atoms with van der Waals surface area (Å²) in [6.45, 7) is 0.859. The van der Waals surface area contributed by atoms with Crippen LogP contribution in [0.15, 0.2) is 30.3 Å². The number of aryl methyl sites for hydroxylation is 1. The van der Waals surface area contributed by atoms with Gasteiger partial charge in [-0.1, -0.05) is 30.3 Å². The molecule has 1 atom stereocenters. The fourth-order valence-electron chi connectivity index (χ4n) is 1.91. The summed E-state index contributed by atoms with van der Waals surface area (Å²) >= 11 is 0. The molecule has 1 amide bonds. The highest BCUT2D eigenvalue weighted by Gasteiger charge is 2.23. The summed E-state index contributed by atoms with van der Waals surface area (Å²) in [5.41, 5.74) is 1.33. The van der Waals surface area contributed by atoms with Gasteiger partial charge in [-0.2, -0.15) is 0 Å². The molecular formula is C12H15NO. The van der Waals surface area contributed by atoms with Crippen LogP contribution < -0.4 is 5.32 Å². The van der Waals surface area contributed by atoms with Crippen molar-refractivity contribution in [1.82, 2.24) is 5.32 Å². The Balaban J connectivity index is 1.85. The van der Waals surface area contributed by atoms with Gasteiger partial charge in [-0.05, 0) is 24.8 Å². The Morgan fingerprint density at radius 2 is 2.07 bits per heavy atom.